The van der Waals surface area contributed by atoms with Crippen LogP contribution in [-0.4, -0.2) is 4.98 Å². The lowest BCUT2D eigenvalue weighted by Crippen LogP contribution is -1.91. The third kappa shape index (κ3) is 2.15. The number of aromatic nitrogens is 1. The van der Waals surface area contributed by atoms with E-state index in [0.717, 1.165) is 16.3 Å². The number of nitrogens with two attached hydrogens (primary N) is 1. The van der Waals surface area contributed by atoms with E-state index in [4.69, 9.17) is 10.7 Å². The van der Waals surface area contributed by atoms with Crippen molar-refractivity contribution in [2.75, 3.05) is 5.73 Å². The average Bonchev–Trinajstić information content (AvgIpc) is 2.97. The van der Waals surface area contributed by atoms with Crippen LogP contribution in [0.3, 0.4) is 0 Å². The van der Waals surface area contributed by atoms with E-state index < -0.39 is 0 Å². The molecule has 3 rings (SSSR count). The van der Waals surface area contributed by atoms with Crippen LogP contribution in [0.4, 0.5) is 5.00 Å². The molecule has 18 heavy (non-hydrogen) atoms. The lowest BCUT2D eigenvalue weighted by molar-refractivity contribution is 0.717. The van der Waals surface area contributed by atoms with Gasteiger partial charge >= 0.3 is 0 Å². The molecule has 2 nitrogen and oxygen atoms in total. The average molecular weight is 258 g/mol. The number of aryl methyl sites for hydroxylation is 1. The van der Waals surface area contributed by atoms with Gasteiger partial charge in [-0.25, -0.2) is 4.98 Å². The van der Waals surface area contributed by atoms with Gasteiger partial charge in [0.1, 0.15) is 10.7 Å². The number of hydrogen-bond donors (Lipinski definition) is 1. The van der Waals surface area contributed by atoms with E-state index in [0.29, 0.717) is 5.92 Å². The molecule has 0 spiro atoms. The highest BCUT2D eigenvalue weighted by Crippen LogP contribution is 2.40. The van der Waals surface area contributed by atoms with Crippen molar-refractivity contribution >= 4 is 16.3 Å². The molecule has 2 N–H and O–H groups in total. The van der Waals surface area contributed by atoms with E-state index >= 15 is 0 Å². The van der Waals surface area contributed by atoms with Crippen molar-refractivity contribution in [2.45, 2.75) is 38.5 Å². The zero-order valence-electron chi connectivity index (χ0n) is 10.6. The maximum Gasteiger partial charge on any atom is 0.114 e. The minimum Gasteiger partial charge on any atom is -0.389 e. The standard InChI is InChI=1S/C15H18N2S/c1-10-5-4-8-12(9-10)13-14(16)18-15(17-13)11-6-2-3-7-11/h4-5,8-9,11H,2-3,6-7,16H2,1H3. The quantitative estimate of drug-likeness (QED) is 0.869. The third-order valence-electron chi connectivity index (χ3n) is 3.67. The van der Waals surface area contributed by atoms with Crippen molar-refractivity contribution < 1.29 is 0 Å². The van der Waals surface area contributed by atoms with E-state index in [1.807, 2.05) is 0 Å². The fourth-order valence-corrected chi connectivity index (χ4v) is 3.72. The second kappa shape index (κ2) is 4.73. The number of thiazole rings is 1. The van der Waals surface area contributed by atoms with Crippen LogP contribution in [0, 0.1) is 6.92 Å². The molecular weight excluding hydrogens is 240 g/mol. The molecular formula is C15H18N2S. The fraction of sp³-hybridized carbons (Fsp3) is 0.400. The minimum absolute atomic E-state index is 0.649. The highest BCUT2D eigenvalue weighted by atomic mass is 32.1. The number of anilines is 1. The Bertz CT molecular complexity index is 553. The van der Waals surface area contributed by atoms with Gasteiger partial charge < -0.3 is 5.73 Å². The van der Waals surface area contributed by atoms with E-state index in [2.05, 4.69) is 31.2 Å². The molecule has 0 saturated heterocycles. The molecule has 1 aliphatic carbocycles. The van der Waals surface area contributed by atoms with Crippen molar-refractivity contribution in [1.82, 2.24) is 4.98 Å². The molecule has 94 valence electrons. The van der Waals surface area contributed by atoms with Gasteiger partial charge in [0.25, 0.3) is 0 Å². The topological polar surface area (TPSA) is 38.9 Å². The van der Waals surface area contributed by atoms with Gasteiger partial charge in [-0.2, -0.15) is 0 Å². The third-order valence-corrected chi connectivity index (χ3v) is 4.71. The van der Waals surface area contributed by atoms with E-state index in [9.17, 15) is 0 Å². The van der Waals surface area contributed by atoms with Crippen molar-refractivity contribution in [2.24, 2.45) is 0 Å². The highest BCUT2D eigenvalue weighted by Gasteiger charge is 2.22. The highest BCUT2D eigenvalue weighted by molar-refractivity contribution is 7.16. The Labute approximate surface area is 112 Å². The molecule has 1 aliphatic rings. The van der Waals surface area contributed by atoms with E-state index in [1.54, 1.807) is 11.3 Å². The van der Waals surface area contributed by atoms with Gasteiger partial charge in [-0.15, -0.1) is 11.3 Å². The van der Waals surface area contributed by atoms with Gasteiger partial charge in [0, 0.05) is 11.5 Å². The van der Waals surface area contributed by atoms with Crippen LogP contribution < -0.4 is 5.73 Å². The number of nitrogen functional groups attached to an aromatic ring is 1. The Morgan fingerprint density at radius 2 is 2.06 bits per heavy atom. The summed E-state index contributed by atoms with van der Waals surface area (Å²) in [5, 5.41) is 2.10. The van der Waals surface area contributed by atoms with Crippen molar-refractivity contribution in [3.8, 4) is 11.3 Å². The second-order valence-corrected chi connectivity index (χ2v) is 6.18. The van der Waals surface area contributed by atoms with E-state index in [1.165, 1.54) is 36.3 Å². The molecule has 1 aromatic heterocycles. The van der Waals surface area contributed by atoms with E-state index in [-0.39, 0.29) is 0 Å². The Hall–Kier alpha value is -1.35. The summed E-state index contributed by atoms with van der Waals surface area (Å²) in [6.07, 6.45) is 5.23. The van der Waals surface area contributed by atoms with Gasteiger partial charge in [-0.1, -0.05) is 36.6 Å². The van der Waals surface area contributed by atoms with Crippen molar-refractivity contribution in [3.63, 3.8) is 0 Å². The maximum atomic E-state index is 6.15. The number of hydrogen-bond acceptors (Lipinski definition) is 3. The first-order chi connectivity index (χ1) is 8.74. The largest absolute Gasteiger partial charge is 0.389 e. The predicted molar refractivity (Wildman–Crippen MR) is 77.9 cm³/mol. The lowest BCUT2D eigenvalue weighted by atomic mass is 10.1. The van der Waals surface area contributed by atoms with Crippen LogP contribution >= 0.6 is 11.3 Å². The number of nitrogens with zero attached hydrogens (tertiary/aromatic N) is 1. The SMILES string of the molecule is Cc1cccc(-c2nc(C3CCCC3)sc2N)c1. The minimum atomic E-state index is 0.649. The molecule has 0 aliphatic heterocycles. The Morgan fingerprint density at radius 3 is 2.78 bits per heavy atom. The smallest absolute Gasteiger partial charge is 0.114 e. The van der Waals surface area contributed by atoms with Crippen LogP contribution in [0.5, 0.6) is 0 Å². The summed E-state index contributed by atoms with van der Waals surface area (Å²) in [5.74, 6) is 0.649. The zero-order valence-corrected chi connectivity index (χ0v) is 11.5. The number of rotatable bonds is 2. The number of benzene rings is 1. The predicted octanol–water partition coefficient (Wildman–Crippen LogP) is 4.36. The van der Waals surface area contributed by atoms with Crippen LogP contribution in [0.15, 0.2) is 24.3 Å². The Kier molecular flexibility index (Phi) is 3.08. The monoisotopic (exact) mass is 258 g/mol. The summed E-state index contributed by atoms with van der Waals surface area (Å²) in [5.41, 5.74) is 9.52. The lowest BCUT2D eigenvalue weighted by Gasteiger charge is -2.03. The van der Waals surface area contributed by atoms with Gasteiger partial charge in [-0.05, 0) is 25.8 Å². The Balaban J connectivity index is 1.97. The molecule has 0 unspecified atom stereocenters. The fourth-order valence-electron chi connectivity index (χ4n) is 2.70. The Morgan fingerprint density at radius 1 is 1.28 bits per heavy atom. The summed E-state index contributed by atoms with van der Waals surface area (Å²) in [7, 11) is 0. The molecule has 1 heterocycles. The molecule has 0 radical (unpaired) electrons. The van der Waals surface area contributed by atoms with Gasteiger partial charge in [0.05, 0.1) is 5.01 Å². The second-order valence-electron chi connectivity index (χ2n) is 5.12. The normalized spacial score (nSPS) is 16.3. The molecule has 0 bridgehead atoms. The summed E-state index contributed by atoms with van der Waals surface area (Å²) in [4.78, 5) is 4.80. The first kappa shape index (κ1) is 11.7. The summed E-state index contributed by atoms with van der Waals surface area (Å²) < 4.78 is 0. The van der Waals surface area contributed by atoms with Crippen LogP contribution in [0.2, 0.25) is 0 Å². The first-order valence-corrected chi connectivity index (χ1v) is 7.39. The summed E-state index contributed by atoms with van der Waals surface area (Å²) in [6.45, 7) is 2.10. The maximum absolute atomic E-state index is 6.15. The molecule has 0 atom stereocenters. The van der Waals surface area contributed by atoms with Crippen LogP contribution in [-0.2, 0) is 0 Å². The molecule has 1 fully saturated rings. The molecule has 0 amide bonds. The summed E-state index contributed by atoms with van der Waals surface area (Å²) >= 11 is 1.68. The van der Waals surface area contributed by atoms with Crippen molar-refractivity contribution in [3.05, 3.63) is 34.8 Å². The van der Waals surface area contributed by atoms with Crippen LogP contribution in [0.1, 0.15) is 42.2 Å². The molecule has 1 aromatic carbocycles. The van der Waals surface area contributed by atoms with Gasteiger partial charge in [-0.3, -0.25) is 0 Å². The summed E-state index contributed by atoms with van der Waals surface area (Å²) in [6, 6.07) is 8.42. The van der Waals surface area contributed by atoms with Gasteiger partial charge in [0.2, 0.25) is 0 Å². The molecule has 1 saturated carbocycles. The van der Waals surface area contributed by atoms with Gasteiger partial charge in [0.15, 0.2) is 0 Å². The molecule has 2 aromatic rings. The van der Waals surface area contributed by atoms with Crippen LogP contribution in [0.25, 0.3) is 11.3 Å². The first-order valence-electron chi connectivity index (χ1n) is 6.57. The zero-order chi connectivity index (χ0) is 12.5. The van der Waals surface area contributed by atoms with Crippen molar-refractivity contribution in [1.29, 1.82) is 0 Å². The molecule has 3 heteroatoms.